The minimum Gasteiger partial charge on any atom is -0.370 e. The van der Waals surface area contributed by atoms with Crippen LogP contribution < -0.4 is 5.32 Å². The van der Waals surface area contributed by atoms with Gasteiger partial charge in [0, 0.05) is 0 Å². The van der Waals surface area contributed by atoms with Crippen LogP contribution in [0.4, 0.5) is 13.2 Å². The third-order valence-electron chi connectivity index (χ3n) is 2.67. The van der Waals surface area contributed by atoms with Crippen LogP contribution in [0.25, 0.3) is 0 Å². The largest absolute Gasteiger partial charge is 0.411 e. The van der Waals surface area contributed by atoms with E-state index < -0.39 is 12.8 Å². The zero-order valence-corrected chi connectivity index (χ0v) is 9.44. The first-order valence-electron chi connectivity index (χ1n) is 5.53. The fourth-order valence-electron chi connectivity index (χ4n) is 1.85. The first-order valence-corrected chi connectivity index (χ1v) is 5.53. The van der Waals surface area contributed by atoms with Gasteiger partial charge in [-0.15, -0.1) is 0 Å². The Hall–Kier alpha value is -0.550. The molecule has 0 heterocycles. The van der Waals surface area contributed by atoms with Gasteiger partial charge in [-0.1, -0.05) is 11.6 Å². The highest BCUT2D eigenvalue weighted by atomic mass is 19.4. The first kappa shape index (κ1) is 13.5. The van der Waals surface area contributed by atoms with Crippen LogP contribution in [0.2, 0.25) is 0 Å². The molecule has 1 atom stereocenters. The summed E-state index contributed by atoms with van der Waals surface area (Å²) < 4.78 is 40.4. The van der Waals surface area contributed by atoms with Gasteiger partial charge >= 0.3 is 6.18 Å². The van der Waals surface area contributed by atoms with Gasteiger partial charge in [-0.05, 0) is 32.7 Å². The number of ether oxygens (including phenoxy) is 1. The van der Waals surface area contributed by atoms with Crippen LogP contribution in [0.5, 0.6) is 0 Å². The highest BCUT2D eigenvalue weighted by Crippen LogP contribution is 2.21. The van der Waals surface area contributed by atoms with E-state index in [-0.39, 0.29) is 12.6 Å². The molecule has 0 radical (unpaired) electrons. The fourth-order valence-corrected chi connectivity index (χ4v) is 1.85. The fraction of sp³-hybridized carbons (Fsp3) is 0.818. The Morgan fingerprint density at radius 3 is 2.69 bits per heavy atom. The average Bonchev–Trinajstić information content (AvgIpc) is 2.24. The van der Waals surface area contributed by atoms with Gasteiger partial charge in [0.2, 0.25) is 0 Å². The van der Waals surface area contributed by atoms with Crippen molar-refractivity contribution in [3.8, 4) is 0 Å². The lowest BCUT2D eigenvalue weighted by molar-refractivity contribution is -0.174. The number of halogens is 3. The molecule has 1 rings (SSSR count). The van der Waals surface area contributed by atoms with Crippen molar-refractivity contribution in [1.29, 1.82) is 0 Å². The van der Waals surface area contributed by atoms with E-state index in [1.54, 1.807) is 7.05 Å². The summed E-state index contributed by atoms with van der Waals surface area (Å²) in [7, 11) is 1.75. The summed E-state index contributed by atoms with van der Waals surface area (Å²) in [5, 5.41) is 3.00. The molecule has 16 heavy (non-hydrogen) atoms. The Bertz CT molecular complexity index is 238. The number of hydrogen-bond acceptors (Lipinski definition) is 2. The third kappa shape index (κ3) is 4.99. The molecule has 0 aromatic heterocycles. The van der Waals surface area contributed by atoms with Crippen LogP contribution >= 0.6 is 0 Å². The highest BCUT2D eigenvalue weighted by molar-refractivity contribution is 5.13. The molecule has 0 saturated heterocycles. The number of allylic oxidation sites excluding steroid dienone is 1. The van der Waals surface area contributed by atoms with Gasteiger partial charge in [0.1, 0.15) is 6.61 Å². The summed E-state index contributed by atoms with van der Waals surface area (Å²) in [6, 6.07) is -0.0809. The highest BCUT2D eigenvalue weighted by Gasteiger charge is 2.28. The molecule has 0 aliphatic heterocycles. The van der Waals surface area contributed by atoms with E-state index in [9.17, 15) is 13.2 Å². The summed E-state index contributed by atoms with van der Waals surface area (Å²) in [6.45, 7) is -1.08. The zero-order chi connectivity index (χ0) is 12.0. The van der Waals surface area contributed by atoms with Crippen molar-refractivity contribution in [3.05, 3.63) is 11.6 Å². The number of alkyl halides is 3. The van der Waals surface area contributed by atoms with Crippen LogP contribution in [0, 0.1) is 0 Å². The van der Waals surface area contributed by atoms with Crippen LogP contribution in [-0.4, -0.2) is 32.5 Å². The Labute approximate surface area is 93.9 Å². The van der Waals surface area contributed by atoms with Crippen LogP contribution in [0.15, 0.2) is 11.6 Å². The van der Waals surface area contributed by atoms with E-state index >= 15 is 0 Å². The van der Waals surface area contributed by atoms with Crippen molar-refractivity contribution in [2.24, 2.45) is 0 Å². The molecule has 2 nitrogen and oxygen atoms in total. The standard InChI is InChI=1S/C11H18F3NO/c1-15-10(7-16-8-11(12,13)14)9-5-3-2-4-6-9/h5,10,15H,2-4,6-8H2,1H3. The van der Waals surface area contributed by atoms with E-state index in [4.69, 9.17) is 0 Å². The van der Waals surface area contributed by atoms with Crippen LogP contribution in [0.3, 0.4) is 0 Å². The van der Waals surface area contributed by atoms with E-state index in [0.717, 1.165) is 19.3 Å². The molecule has 1 N–H and O–H groups in total. The van der Waals surface area contributed by atoms with Gasteiger partial charge in [0.15, 0.2) is 0 Å². The average molecular weight is 237 g/mol. The molecule has 1 unspecified atom stereocenters. The van der Waals surface area contributed by atoms with E-state index in [2.05, 4.69) is 16.1 Å². The van der Waals surface area contributed by atoms with E-state index in [1.165, 1.54) is 12.0 Å². The maximum Gasteiger partial charge on any atom is 0.411 e. The lowest BCUT2D eigenvalue weighted by atomic mass is 9.94. The summed E-state index contributed by atoms with van der Waals surface area (Å²) >= 11 is 0. The molecule has 0 spiro atoms. The summed E-state index contributed by atoms with van der Waals surface area (Å²) in [6.07, 6.45) is 2.14. The van der Waals surface area contributed by atoms with Gasteiger partial charge in [-0.2, -0.15) is 13.2 Å². The second-order valence-electron chi connectivity index (χ2n) is 4.00. The van der Waals surface area contributed by atoms with E-state index in [0.29, 0.717) is 0 Å². The number of likely N-dealkylation sites (N-methyl/N-ethyl adjacent to an activating group) is 1. The van der Waals surface area contributed by atoms with Crippen LogP contribution in [-0.2, 0) is 4.74 Å². The summed E-state index contributed by atoms with van der Waals surface area (Å²) in [4.78, 5) is 0. The topological polar surface area (TPSA) is 21.3 Å². The molecule has 0 saturated carbocycles. The minimum atomic E-state index is -4.24. The second kappa shape index (κ2) is 6.25. The maximum absolute atomic E-state index is 11.9. The van der Waals surface area contributed by atoms with Gasteiger partial charge < -0.3 is 10.1 Å². The van der Waals surface area contributed by atoms with Gasteiger partial charge in [0.25, 0.3) is 0 Å². The molecule has 5 heteroatoms. The summed E-state index contributed by atoms with van der Waals surface area (Å²) in [5.41, 5.74) is 1.18. The Morgan fingerprint density at radius 2 is 2.19 bits per heavy atom. The monoisotopic (exact) mass is 237 g/mol. The zero-order valence-electron chi connectivity index (χ0n) is 9.44. The van der Waals surface area contributed by atoms with Crippen molar-refractivity contribution in [2.75, 3.05) is 20.3 Å². The molecule has 1 aliphatic carbocycles. The molecule has 0 aromatic carbocycles. The van der Waals surface area contributed by atoms with E-state index in [1.807, 2.05) is 0 Å². The maximum atomic E-state index is 11.9. The molecule has 0 fully saturated rings. The molecule has 94 valence electrons. The van der Waals surface area contributed by atoms with Crippen molar-refractivity contribution in [3.63, 3.8) is 0 Å². The van der Waals surface area contributed by atoms with Crippen molar-refractivity contribution < 1.29 is 17.9 Å². The molecular formula is C11H18F3NO. The Morgan fingerprint density at radius 1 is 1.44 bits per heavy atom. The number of rotatable bonds is 5. The first-order chi connectivity index (χ1) is 7.53. The lowest BCUT2D eigenvalue weighted by Gasteiger charge is -2.23. The molecular weight excluding hydrogens is 219 g/mol. The lowest BCUT2D eigenvalue weighted by Crippen LogP contribution is -2.34. The third-order valence-corrected chi connectivity index (χ3v) is 2.67. The Balaban J connectivity index is 2.34. The molecule has 0 bridgehead atoms. The Kier molecular flexibility index (Phi) is 5.28. The van der Waals surface area contributed by atoms with Gasteiger partial charge in [-0.3, -0.25) is 0 Å². The molecule has 0 aromatic rings. The smallest absolute Gasteiger partial charge is 0.370 e. The van der Waals surface area contributed by atoms with Crippen molar-refractivity contribution in [1.82, 2.24) is 5.32 Å². The van der Waals surface area contributed by atoms with Gasteiger partial charge in [0.05, 0.1) is 12.6 Å². The van der Waals surface area contributed by atoms with Gasteiger partial charge in [-0.25, -0.2) is 0 Å². The minimum absolute atomic E-state index is 0.0809. The quantitative estimate of drug-likeness (QED) is 0.742. The van der Waals surface area contributed by atoms with Crippen LogP contribution in [0.1, 0.15) is 25.7 Å². The van der Waals surface area contributed by atoms with Crippen molar-refractivity contribution in [2.45, 2.75) is 37.9 Å². The van der Waals surface area contributed by atoms with Crippen molar-refractivity contribution >= 4 is 0 Å². The number of hydrogen-bond donors (Lipinski definition) is 1. The SMILES string of the molecule is CNC(COCC(F)(F)F)C1=CCCCC1. The predicted octanol–water partition coefficient (Wildman–Crippen LogP) is 2.65. The predicted molar refractivity (Wildman–Crippen MR) is 56.3 cm³/mol. The second-order valence-corrected chi connectivity index (χ2v) is 4.00. The molecule has 1 aliphatic rings. The normalized spacial score (nSPS) is 19.4. The number of nitrogens with one attached hydrogen (secondary N) is 1. The molecule has 0 amide bonds. The summed E-state index contributed by atoms with van der Waals surface area (Å²) in [5.74, 6) is 0.